The molecule has 0 unspecified atom stereocenters. The molecule has 1 aliphatic heterocycles. The van der Waals surface area contributed by atoms with E-state index in [9.17, 15) is 13.6 Å². The number of carbonyl (C=O) groups excluding carboxylic acids is 1. The Kier molecular flexibility index (Phi) is 8.44. The number of nitrogens with two attached hydrogens (primary N) is 2. The number of anilines is 1. The molecule has 1 aromatic carbocycles. The van der Waals surface area contributed by atoms with Crippen LogP contribution in [0, 0.1) is 0 Å². The third-order valence-electron chi connectivity index (χ3n) is 7.17. The van der Waals surface area contributed by atoms with E-state index in [1.165, 1.54) is 21.5 Å². The van der Waals surface area contributed by atoms with Gasteiger partial charge in [0.15, 0.2) is 5.65 Å². The van der Waals surface area contributed by atoms with E-state index in [0.717, 1.165) is 43.7 Å². The number of nitrogens with zero attached hydrogens (tertiary/aromatic N) is 6. The second-order valence-corrected chi connectivity index (χ2v) is 11.8. The lowest BCUT2D eigenvalue weighted by molar-refractivity contribution is -0.0494. The van der Waals surface area contributed by atoms with Gasteiger partial charge in [-0.2, -0.15) is 19.0 Å². The molecule has 0 spiro atoms. The molecule has 12 nitrogen and oxygen atoms in total. The monoisotopic (exact) mass is 610 g/mol. The molecule has 43 heavy (non-hydrogen) atoms. The van der Waals surface area contributed by atoms with Crippen molar-refractivity contribution >= 4 is 29.0 Å². The number of hydrogen-bond acceptors (Lipinski definition) is 10. The quantitative estimate of drug-likeness (QED) is 0.147. The highest BCUT2D eigenvalue weighted by Gasteiger charge is 2.26. The van der Waals surface area contributed by atoms with E-state index in [1.54, 1.807) is 59.8 Å². The Labute approximate surface area is 250 Å². The predicted octanol–water partition coefficient (Wildman–Crippen LogP) is 3.43. The Balaban J connectivity index is 1.35. The third-order valence-corrected chi connectivity index (χ3v) is 8.50. The second-order valence-electron chi connectivity index (χ2n) is 10.5. The Hall–Kier alpha value is -4.21. The molecular formula is C28H32F2N10O2S. The summed E-state index contributed by atoms with van der Waals surface area (Å²) >= 11 is 1.67. The summed E-state index contributed by atoms with van der Waals surface area (Å²) in [6.07, 6.45) is 11.9. The Morgan fingerprint density at radius 2 is 2.09 bits per heavy atom. The number of carbonyl (C=O) groups is 1. The minimum absolute atomic E-state index is 0.0592. The summed E-state index contributed by atoms with van der Waals surface area (Å²) in [6, 6.07) is 6.88. The summed E-state index contributed by atoms with van der Waals surface area (Å²) in [5.74, 6) is 5.73. The molecule has 2 fully saturated rings. The van der Waals surface area contributed by atoms with Gasteiger partial charge in [0.05, 0.1) is 18.4 Å². The average Bonchev–Trinajstić information content (AvgIpc) is 3.56. The first-order valence-corrected chi connectivity index (χ1v) is 14.8. The number of aromatic nitrogens is 5. The van der Waals surface area contributed by atoms with Crippen LogP contribution in [-0.4, -0.2) is 66.3 Å². The zero-order valence-corrected chi connectivity index (χ0v) is 24.0. The van der Waals surface area contributed by atoms with Crippen LogP contribution in [0.2, 0.25) is 0 Å². The number of rotatable bonds is 11. The van der Waals surface area contributed by atoms with Crippen LogP contribution < -0.4 is 26.9 Å². The van der Waals surface area contributed by atoms with Gasteiger partial charge in [0.25, 0.3) is 5.91 Å². The highest BCUT2D eigenvalue weighted by Crippen LogP contribution is 2.43. The van der Waals surface area contributed by atoms with Crippen molar-refractivity contribution in [1.29, 1.82) is 0 Å². The van der Waals surface area contributed by atoms with E-state index in [1.807, 2.05) is 0 Å². The molecule has 226 valence electrons. The zero-order chi connectivity index (χ0) is 29.9. The molecule has 1 saturated heterocycles. The number of piperidine rings is 1. The van der Waals surface area contributed by atoms with Gasteiger partial charge in [-0.05, 0) is 63.0 Å². The van der Waals surface area contributed by atoms with Crippen LogP contribution >= 0.6 is 11.8 Å². The second kappa shape index (κ2) is 12.6. The number of fused-ring (bicyclic) bond motifs is 1. The highest BCUT2D eigenvalue weighted by molar-refractivity contribution is 8.00. The first-order chi connectivity index (χ1) is 20.8. The van der Waals surface area contributed by atoms with E-state index in [0.29, 0.717) is 22.2 Å². The number of thioether (sulfide) groups is 1. The molecule has 1 aliphatic carbocycles. The number of halogens is 2. The lowest BCUT2D eigenvalue weighted by Gasteiger charge is -2.30. The van der Waals surface area contributed by atoms with E-state index in [-0.39, 0.29) is 35.3 Å². The van der Waals surface area contributed by atoms with Gasteiger partial charge in [0.2, 0.25) is 0 Å². The third kappa shape index (κ3) is 6.89. The van der Waals surface area contributed by atoms with Gasteiger partial charge in [-0.15, -0.1) is 11.8 Å². The summed E-state index contributed by atoms with van der Waals surface area (Å²) in [6.45, 7) is -1.15. The minimum atomic E-state index is -3.05. The number of allylic oxidation sites excluding steroid dienone is 1. The molecule has 4 heterocycles. The van der Waals surface area contributed by atoms with Gasteiger partial charge >= 0.3 is 6.61 Å². The minimum Gasteiger partial charge on any atom is -0.434 e. The van der Waals surface area contributed by atoms with Crippen molar-refractivity contribution in [2.24, 2.45) is 11.6 Å². The Bertz CT molecular complexity index is 1630. The van der Waals surface area contributed by atoms with E-state index >= 15 is 0 Å². The fourth-order valence-electron chi connectivity index (χ4n) is 4.94. The van der Waals surface area contributed by atoms with Crippen molar-refractivity contribution in [3.8, 4) is 17.0 Å². The fourth-order valence-corrected chi connectivity index (χ4v) is 6.03. The maximum absolute atomic E-state index is 13.5. The fraction of sp³-hybridized carbons (Fsp3) is 0.357. The number of ether oxygens (including phenoxy) is 1. The summed E-state index contributed by atoms with van der Waals surface area (Å²) in [7, 11) is 0. The summed E-state index contributed by atoms with van der Waals surface area (Å²) < 4.78 is 34.8. The molecule has 0 bridgehead atoms. The number of benzene rings is 1. The highest BCUT2D eigenvalue weighted by atomic mass is 32.2. The molecule has 1 saturated carbocycles. The first kappa shape index (κ1) is 28.9. The van der Waals surface area contributed by atoms with Gasteiger partial charge in [-0.3, -0.25) is 9.48 Å². The van der Waals surface area contributed by atoms with E-state index in [2.05, 4.69) is 25.8 Å². The number of hydrazine groups is 1. The van der Waals surface area contributed by atoms with Crippen molar-refractivity contribution < 1.29 is 18.3 Å². The molecule has 6 rings (SSSR count). The summed E-state index contributed by atoms with van der Waals surface area (Å²) in [4.78, 5) is 18.6. The van der Waals surface area contributed by atoms with Crippen LogP contribution in [-0.2, 0) is 6.54 Å². The summed E-state index contributed by atoms with van der Waals surface area (Å²) in [5.41, 5.74) is 8.25. The van der Waals surface area contributed by atoms with Crippen LogP contribution in [0.15, 0.2) is 65.8 Å². The molecule has 2 aliphatic rings. The van der Waals surface area contributed by atoms with Crippen molar-refractivity contribution in [1.82, 2.24) is 34.7 Å². The summed E-state index contributed by atoms with van der Waals surface area (Å²) in [5, 5.41) is 17.2. The van der Waals surface area contributed by atoms with Crippen molar-refractivity contribution in [3.63, 3.8) is 0 Å². The van der Waals surface area contributed by atoms with Gasteiger partial charge in [0.1, 0.15) is 17.0 Å². The zero-order valence-electron chi connectivity index (χ0n) is 23.2. The molecule has 4 aromatic rings. The SMILES string of the molecule is N/C(=C\N(N)C1CCNCC1)Cn1cc(NC(=O)c2cnn3cccnc23)c(-c2cc(SC3CC3)ccc2OC(F)F)n1. The van der Waals surface area contributed by atoms with E-state index < -0.39 is 12.5 Å². The average molecular weight is 611 g/mol. The lowest BCUT2D eigenvalue weighted by atomic mass is 10.1. The molecule has 3 aromatic heterocycles. The number of alkyl halides is 2. The predicted molar refractivity (Wildman–Crippen MR) is 158 cm³/mol. The number of amides is 1. The van der Waals surface area contributed by atoms with Gasteiger partial charge in [-0.25, -0.2) is 15.3 Å². The maximum atomic E-state index is 13.5. The van der Waals surface area contributed by atoms with Crippen molar-refractivity contribution in [3.05, 3.63) is 66.5 Å². The standard InChI is InChI=1S/C28H32F2N10O2S/c29-28(30)42-24-5-4-20(43-19-2-3-19)12-21(24)25-23(36-27(41)22-13-35-40-11-1-8-34-26(22)40)16-38(37-25)14-17(31)15-39(32)18-6-9-33-10-7-18/h1,4-5,8,11-13,15-16,18-19,28,33H,2-3,6-7,9-10,14,31-32H2,(H,36,41)/b17-15-. The molecule has 15 heteroatoms. The van der Waals surface area contributed by atoms with Gasteiger partial charge in [0, 0.05) is 52.2 Å². The lowest BCUT2D eigenvalue weighted by Crippen LogP contribution is -2.44. The van der Waals surface area contributed by atoms with Gasteiger partial charge < -0.3 is 26.1 Å². The Morgan fingerprint density at radius 1 is 1.28 bits per heavy atom. The molecule has 0 radical (unpaired) electrons. The van der Waals surface area contributed by atoms with Crippen LogP contribution in [0.5, 0.6) is 5.75 Å². The molecule has 0 atom stereocenters. The largest absolute Gasteiger partial charge is 0.434 e. The van der Waals surface area contributed by atoms with Gasteiger partial charge in [-0.1, -0.05) is 0 Å². The Morgan fingerprint density at radius 3 is 2.86 bits per heavy atom. The first-order valence-electron chi connectivity index (χ1n) is 14.0. The molecular weight excluding hydrogens is 578 g/mol. The topological polar surface area (TPSA) is 154 Å². The van der Waals surface area contributed by atoms with Crippen LogP contribution in [0.1, 0.15) is 36.0 Å². The maximum Gasteiger partial charge on any atom is 0.387 e. The normalized spacial score (nSPS) is 16.1. The van der Waals surface area contributed by atoms with Crippen molar-refractivity contribution in [2.75, 3.05) is 18.4 Å². The van der Waals surface area contributed by atoms with Crippen molar-refractivity contribution in [2.45, 2.75) is 55.0 Å². The van der Waals surface area contributed by atoms with Crippen LogP contribution in [0.4, 0.5) is 14.5 Å². The number of nitrogens with one attached hydrogen (secondary N) is 2. The van der Waals surface area contributed by atoms with Crippen LogP contribution in [0.25, 0.3) is 16.9 Å². The van der Waals surface area contributed by atoms with E-state index in [4.69, 9.17) is 16.3 Å². The smallest absolute Gasteiger partial charge is 0.387 e. The number of hydrogen-bond donors (Lipinski definition) is 4. The molecule has 1 amide bonds. The molecule has 6 N–H and O–H groups in total. The van der Waals surface area contributed by atoms with Crippen LogP contribution in [0.3, 0.4) is 0 Å².